The predicted molar refractivity (Wildman–Crippen MR) is 92.7 cm³/mol. The van der Waals surface area contributed by atoms with Crippen LogP contribution in [0.3, 0.4) is 0 Å². The monoisotopic (exact) mass is 321 g/mol. The fourth-order valence-electron chi connectivity index (χ4n) is 2.85. The molecule has 0 N–H and O–H groups in total. The average molecular weight is 321 g/mol. The Hall–Kier alpha value is -2.73. The second kappa shape index (κ2) is 6.41. The van der Waals surface area contributed by atoms with Gasteiger partial charge in [0.15, 0.2) is 11.6 Å². The van der Waals surface area contributed by atoms with E-state index in [1.165, 1.54) is 0 Å². The molecule has 0 unspecified atom stereocenters. The number of anilines is 1. The van der Waals surface area contributed by atoms with Crippen molar-refractivity contribution in [3.05, 3.63) is 48.7 Å². The third-order valence-electron chi connectivity index (χ3n) is 4.26. The highest BCUT2D eigenvalue weighted by Crippen LogP contribution is 2.29. The topological polar surface area (TPSA) is 58.3 Å². The Morgan fingerprint density at radius 1 is 0.917 bits per heavy atom. The van der Waals surface area contributed by atoms with E-state index in [4.69, 9.17) is 9.40 Å². The molecule has 1 fully saturated rings. The average Bonchev–Trinajstić information content (AvgIpc) is 3.17. The molecular weight excluding hydrogens is 302 g/mol. The van der Waals surface area contributed by atoms with Gasteiger partial charge in [-0.05, 0) is 19.2 Å². The first-order chi connectivity index (χ1) is 11.8. The Morgan fingerprint density at radius 3 is 2.42 bits per heavy atom. The summed E-state index contributed by atoms with van der Waals surface area (Å²) in [5.41, 5.74) is 1.84. The van der Waals surface area contributed by atoms with Gasteiger partial charge in [0, 0.05) is 31.7 Å². The normalized spacial score (nSPS) is 15.6. The molecule has 0 atom stereocenters. The number of furan rings is 1. The van der Waals surface area contributed by atoms with Crippen molar-refractivity contribution in [1.82, 2.24) is 20.1 Å². The quantitative estimate of drug-likeness (QED) is 0.739. The molecule has 2 aromatic heterocycles. The van der Waals surface area contributed by atoms with Gasteiger partial charge in [-0.3, -0.25) is 0 Å². The minimum atomic E-state index is 0.522. The van der Waals surface area contributed by atoms with Crippen LogP contribution in [0, 0.1) is 0 Å². The molecule has 3 heterocycles. The number of nitrogens with zero attached hydrogens (tertiary/aromatic N) is 5. The molecule has 0 radical (unpaired) electrons. The van der Waals surface area contributed by atoms with Crippen LogP contribution in [0.25, 0.3) is 22.8 Å². The minimum Gasteiger partial charge on any atom is -0.461 e. The Kier molecular flexibility index (Phi) is 3.96. The summed E-state index contributed by atoms with van der Waals surface area (Å²) in [5, 5.41) is 8.75. The molecular formula is C18H19N5O. The maximum Gasteiger partial charge on any atom is 0.219 e. The van der Waals surface area contributed by atoms with E-state index < -0.39 is 0 Å². The summed E-state index contributed by atoms with van der Waals surface area (Å²) >= 11 is 0. The summed E-state index contributed by atoms with van der Waals surface area (Å²) in [7, 11) is 2.14. The van der Waals surface area contributed by atoms with Crippen molar-refractivity contribution in [2.24, 2.45) is 0 Å². The van der Waals surface area contributed by atoms with Gasteiger partial charge in [-0.2, -0.15) is 0 Å². The highest BCUT2D eigenvalue weighted by molar-refractivity contribution is 5.73. The summed E-state index contributed by atoms with van der Waals surface area (Å²) in [4.78, 5) is 9.38. The van der Waals surface area contributed by atoms with Gasteiger partial charge in [0.1, 0.15) is 5.69 Å². The molecule has 3 aromatic rings. The van der Waals surface area contributed by atoms with E-state index >= 15 is 0 Å². The van der Waals surface area contributed by atoms with Crippen LogP contribution in [0.15, 0.2) is 53.1 Å². The maximum absolute atomic E-state index is 5.43. The van der Waals surface area contributed by atoms with Gasteiger partial charge in [0.25, 0.3) is 0 Å². The number of benzene rings is 1. The van der Waals surface area contributed by atoms with Crippen molar-refractivity contribution < 1.29 is 4.42 Å². The Balaban J connectivity index is 1.78. The van der Waals surface area contributed by atoms with Crippen molar-refractivity contribution in [2.75, 3.05) is 38.1 Å². The predicted octanol–water partition coefficient (Wildman–Crippen LogP) is 2.55. The molecule has 1 aromatic carbocycles. The lowest BCUT2D eigenvalue weighted by Gasteiger charge is -2.33. The summed E-state index contributed by atoms with van der Waals surface area (Å²) in [6.07, 6.45) is 1.62. The van der Waals surface area contributed by atoms with Crippen LogP contribution in [-0.4, -0.2) is 53.3 Å². The van der Waals surface area contributed by atoms with Crippen molar-refractivity contribution in [2.45, 2.75) is 0 Å². The highest BCUT2D eigenvalue weighted by atomic mass is 16.3. The molecule has 24 heavy (non-hydrogen) atoms. The van der Waals surface area contributed by atoms with Crippen molar-refractivity contribution in [1.29, 1.82) is 0 Å². The second-order valence-corrected chi connectivity index (χ2v) is 5.94. The van der Waals surface area contributed by atoms with Crippen LogP contribution in [0.4, 0.5) is 5.82 Å². The van der Waals surface area contributed by atoms with Crippen LogP contribution in [0.5, 0.6) is 0 Å². The van der Waals surface area contributed by atoms with Crippen LogP contribution in [0.1, 0.15) is 0 Å². The number of piperazine rings is 1. The molecule has 1 aliphatic rings. The number of rotatable bonds is 3. The van der Waals surface area contributed by atoms with Gasteiger partial charge in [0.05, 0.1) is 6.26 Å². The summed E-state index contributed by atoms with van der Waals surface area (Å²) < 4.78 is 5.43. The van der Waals surface area contributed by atoms with E-state index in [9.17, 15) is 0 Å². The van der Waals surface area contributed by atoms with Gasteiger partial charge in [-0.15, -0.1) is 10.2 Å². The summed E-state index contributed by atoms with van der Waals surface area (Å²) in [6, 6.07) is 13.8. The van der Waals surface area contributed by atoms with E-state index in [-0.39, 0.29) is 0 Å². The lowest BCUT2D eigenvalue weighted by molar-refractivity contribution is 0.312. The molecule has 0 aliphatic carbocycles. The molecule has 1 aliphatic heterocycles. The molecule has 0 amide bonds. The van der Waals surface area contributed by atoms with Crippen LogP contribution >= 0.6 is 0 Å². The first kappa shape index (κ1) is 14.8. The van der Waals surface area contributed by atoms with Crippen molar-refractivity contribution in [3.63, 3.8) is 0 Å². The van der Waals surface area contributed by atoms with E-state index in [1.54, 1.807) is 6.26 Å². The molecule has 0 spiro atoms. The number of hydrogen-bond acceptors (Lipinski definition) is 6. The fraction of sp³-hybridized carbons (Fsp3) is 0.278. The van der Waals surface area contributed by atoms with Gasteiger partial charge >= 0.3 is 0 Å². The Labute approximate surface area is 140 Å². The number of aromatic nitrogens is 3. The minimum absolute atomic E-state index is 0.522. The zero-order valence-electron chi connectivity index (χ0n) is 13.6. The van der Waals surface area contributed by atoms with E-state index in [2.05, 4.69) is 27.0 Å². The number of hydrogen-bond donors (Lipinski definition) is 0. The molecule has 1 saturated heterocycles. The Bertz CT molecular complexity index is 796. The lowest BCUT2D eigenvalue weighted by atomic mass is 10.1. The lowest BCUT2D eigenvalue weighted by Crippen LogP contribution is -2.45. The molecule has 122 valence electrons. The first-order valence-electron chi connectivity index (χ1n) is 8.09. The van der Waals surface area contributed by atoms with Crippen LogP contribution in [0.2, 0.25) is 0 Å². The van der Waals surface area contributed by atoms with Crippen molar-refractivity contribution >= 4 is 5.82 Å². The molecule has 6 nitrogen and oxygen atoms in total. The van der Waals surface area contributed by atoms with Crippen LogP contribution in [-0.2, 0) is 0 Å². The van der Waals surface area contributed by atoms with E-state index in [1.807, 2.05) is 42.5 Å². The summed E-state index contributed by atoms with van der Waals surface area (Å²) in [5.74, 6) is 2.03. The molecule has 0 bridgehead atoms. The smallest absolute Gasteiger partial charge is 0.219 e. The van der Waals surface area contributed by atoms with Gasteiger partial charge in [0.2, 0.25) is 5.82 Å². The summed E-state index contributed by atoms with van der Waals surface area (Å²) in [6.45, 7) is 3.86. The first-order valence-corrected chi connectivity index (χ1v) is 8.09. The zero-order valence-corrected chi connectivity index (χ0v) is 13.6. The molecule has 0 saturated carbocycles. The SMILES string of the molecule is CN1CCN(c2nc(-c3ccco3)nnc2-c2ccccc2)CC1. The van der Waals surface area contributed by atoms with Crippen molar-refractivity contribution in [3.8, 4) is 22.8 Å². The van der Waals surface area contributed by atoms with E-state index in [0.29, 0.717) is 11.6 Å². The largest absolute Gasteiger partial charge is 0.461 e. The molecule has 6 heteroatoms. The molecule has 4 rings (SSSR count). The maximum atomic E-state index is 5.43. The standard InChI is InChI=1S/C18H19N5O/c1-22-9-11-23(12-10-22)18-16(14-6-3-2-4-7-14)20-21-17(19-18)15-8-5-13-24-15/h2-8,13H,9-12H2,1H3. The van der Waals surface area contributed by atoms with Gasteiger partial charge in [-0.1, -0.05) is 30.3 Å². The second-order valence-electron chi connectivity index (χ2n) is 5.94. The zero-order chi connectivity index (χ0) is 16.4. The third kappa shape index (κ3) is 2.88. The fourth-order valence-corrected chi connectivity index (χ4v) is 2.85. The third-order valence-corrected chi connectivity index (χ3v) is 4.26. The van der Waals surface area contributed by atoms with Gasteiger partial charge in [-0.25, -0.2) is 4.98 Å². The highest BCUT2D eigenvalue weighted by Gasteiger charge is 2.22. The van der Waals surface area contributed by atoms with Gasteiger partial charge < -0.3 is 14.2 Å². The van der Waals surface area contributed by atoms with E-state index in [0.717, 1.165) is 43.3 Å². The van der Waals surface area contributed by atoms with Crippen LogP contribution < -0.4 is 4.90 Å². The number of likely N-dealkylation sites (N-methyl/N-ethyl adjacent to an activating group) is 1. The Morgan fingerprint density at radius 2 is 1.71 bits per heavy atom.